The molecule has 1 fully saturated rings. The first-order valence-corrected chi connectivity index (χ1v) is 11.1. The summed E-state index contributed by atoms with van der Waals surface area (Å²) in [5.41, 5.74) is 8.38. The maximum Gasteiger partial charge on any atom is 0.290 e. The molecular weight excluding hydrogens is 434 g/mol. The Hall–Kier alpha value is -3.57. The van der Waals surface area contributed by atoms with Crippen molar-refractivity contribution in [2.75, 3.05) is 20.8 Å². The zero-order valence-corrected chi connectivity index (χ0v) is 19.2. The first-order chi connectivity index (χ1) is 17.2. The van der Waals surface area contributed by atoms with E-state index in [2.05, 4.69) is 12.1 Å². The highest BCUT2D eigenvalue weighted by Crippen LogP contribution is 2.61. The van der Waals surface area contributed by atoms with E-state index in [1.165, 1.54) is 0 Å². The molecule has 1 atom stereocenters. The van der Waals surface area contributed by atoms with Crippen molar-refractivity contribution in [3.8, 4) is 22.9 Å². The molecular formula is C26H29N3O5. The molecule has 1 aliphatic heterocycles. The van der Waals surface area contributed by atoms with Crippen LogP contribution in [0.25, 0.3) is 11.1 Å². The van der Waals surface area contributed by atoms with Gasteiger partial charge in [-0.05, 0) is 78.6 Å². The summed E-state index contributed by atoms with van der Waals surface area (Å²) >= 11 is 0. The molecule has 34 heavy (non-hydrogen) atoms. The molecule has 0 bridgehead atoms. The van der Waals surface area contributed by atoms with Gasteiger partial charge < -0.3 is 25.1 Å². The van der Waals surface area contributed by atoms with E-state index in [1.54, 1.807) is 20.3 Å². The van der Waals surface area contributed by atoms with Crippen LogP contribution in [0, 0.1) is 16.7 Å². The second kappa shape index (κ2) is 9.35. The molecule has 3 aliphatic rings. The fraction of sp³-hybridized carbons (Fsp3) is 0.423. The molecule has 5 rings (SSSR count). The maximum atomic E-state index is 9.44. The van der Waals surface area contributed by atoms with Gasteiger partial charge in [-0.15, -0.1) is 0 Å². The molecule has 0 amide bonds. The number of hydrogen-bond donors (Lipinski definition) is 2. The summed E-state index contributed by atoms with van der Waals surface area (Å²) < 4.78 is 34.3. The fourth-order valence-electron chi connectivity index (χ4n) is 5.57. The highest BCUT2D eigenvalue weighted by Gasteiger charge is 2.61. The average Bonchev–Trinajstić information content (AvgIpc) is 3.28. The van der Waals surface area contributed by atoms with Gasteiger partial charge in [0.2, 0.25) is 0 Å². The first kappa shape index (κ1) is 21.0. The highest BCUT2D eigenvalue weighted by molar-refractivity contribution is 5.76. The number of benzene rings is 2. The Labute approximate surface area is 201 Å². The van der Waals surface area contributed by atoms with Gasteiger partial charge in [-0.1, -0.05) is 12.1 Å². The Kier molecular flexibility index (Phi) is 5.78. The van der Waals surface area contributed by atoms with E-state index in [0.717, 1.165) is 47.9 Å². The minimum atomic E-state index is -2.08. The Morgan fingerprint density at radius 1 is 1.26 bits per heavy atom. The minimum absolute atomic E-state index is 0.111. The number of amidine groups is 1. The van der Waals surface area contributed by atoms with Crippen molar-refractivity contribution in [3.63, 3.8) is 0 Å². The van der Waals surface area contributed by atoms with Crippen molar-refractivity contribution in [3.05, 3.63) is 53.1 Å². The molecule has 178 valence electrons. The molecule has 1 heterocycles. The van der Waals surface area contributed by atoms with E-state index in [-0.39, 0.29) is 18.6 Å². The van der Waals surface area contributed by atoms with E-state index < -0.39 is 17.5 Å². The van der Waals surface area contributed by atoms with Gasteiger partial charge in [0.1, 0.15) is 17.8 Å². The Balaban J connectivity index is 0.000000967. The predicted molar refractivity (Wildman–Crippen MR) is 126 cm³/mol. The van der Waals surface area contributed by atoms with Crippen molar-refractivity contribution >= 4 is 12.5 Å². The van der Waals surface area contributed by atoms with E-state index >= 15 is 0 Å². The molecule has 1 unspecified atom stereocenters. The van der Waals surface area contributed by atoms with Crippen molar-refractivity contribution in [1.29, 1.82) is 5.26 Å². The van der Waals surface area contributed by atoms with Gasteiger partial charge in [0.15, 0.2) is 0 Å². The monoisotopic (exact) mass is 465 g/mol. The van der Waals surface area contributed by atoms with Gasteiger partial charge in [-0.2, -0.15) is 5.26 Å². The van der Waals surface area contributed by atoms with Gasteiger partial charge in [0.05, 0.1) is 27.6 Å². The van der Waals surface area contributed by atoms with Gasteiger partial charge in [-0.3, -0.25) is 4.79 Å². The SMILES string of the molecule is O=CO.[2H]C1([2H])OC(N)=NC12c1cc(-c3cc(C#N)cc(OC)c3)ccc1C[C@]21CC[C@@H](OC)CC1. The molecule has 2 aromatic carbocycles. The van der Waals surface area contributed by atoms with Crippen molar-refractivity contribution in [1.82, 2.24) is 0 Å². The standard InChI is InChI=1S/C25H27N3O3.CH2O2/c1-29-20-5-7-24(8-6-20)13-18-4-3-17(12-22(18)25(24)15-31-23(27)28-25)19-9-16(14-26)10-21(11-19)30-2;2-1-3/h3-4,9-12,20H,5-8,13,15H2,1-2H3,(H2,27,28);1H,(H,2,3)/t20-,24-,25?;/i15D2;. The van der Waals surface area contributed by atoms with Crippen molar-refractivity contribution in [2.24, 2.45) is 16.1 Å². The van der Waals surface area contributed by atoms with Crippen LogP contribution in [0.4, 0.5) is 0 Å². The summed E-state index contributed by atoms with van der Waals surface area (Å²) in [6, 6.07) is 13.5. The number of nitrogens with zero attached hydrogens (tertiary/aromatic N) is 2. The lowest BCUT2D eigenvalue weighted by atomic mass is 9.62. The zero-order chi connectivity index (χ0) is 26.1. The quantitative estimate of drug-likeness (QED) is 0.663. The third-order valence-electron chi connectivity index (χ3n) is 7.20. The second-order valence-corrected chi connectivity index (χ2v) is 8.80. The van der Waals surface area contributed by atoms with Crippen LogP contribution in [0.3, 0.4) is 0 Å². The zero-order valence-electron chi connectivity index (χ0n) is 21.2. The Bertz CT molecular complexity index is 1230. The van der Waals surface area contributed by atoms with Gasteiger partial charge >= 0.3 is 0 Å². The van der Waals surface area contributed by atoms with Crippen LogP contribution in [-0.2, 0) is 26.2 Å². The largest absolute Gasteiger partial charge is 0.497 e. The molecule has 2 spiro atoms. The lowest BCUT2D eigenvalue weighted by molar-refractivity contribution is -0.122. The van der Waals surface area contributed by atoms with Crippen LogP contribution in [0.1, 0.15) is 45.1 Å². The fourth-order valence-corrected chi connectivity index (χ4v) is 5.57. The van der Waals surface area contributed by atoms with Crippen LogP contribution in [0.5, 0.6) is 5.75 Å². The molecule has 8 heteroatoms. The number of ether oxygens (including phenoxy) is 3. The normalized spacial score (nSPS) is 29.0. The summed E-state index contributed by atoms with van der Waals surface area (Å²) in [5, 5.41) is 16.3. The maximum absolute atomic E-state index is 9.44. The molecule has 3 N–H and O–H groups in total. The molecule has 8 nitrogen and oxygen atoms in total. The van der Waals surface area contributed by atoms with Crippen LogP contribution in [0.2, 0.25) is 0 Å². The van der Waals surface area contributed by atoms with Crippen LogP contribution in [0.15, 0.2) is 41.4 Å². The number of methoxy groups -OCH3 is 2. The molecule has 0 radical (unpaired) electrons. The van der Waals surface area contributed by atoms with Gasteiger partial charge in [0, 0.05) is 12.5 Å². The van der Waals surface area contributed by atoms with Crippen molar-refractivity contribution < 1.29 is 26.9 Å². The average molecular weight is 466 g/mol. The van der Waals surface area contributed by atoms with E-state index in [0.29, 0.717) is 17.7 Å². The number of aliphatic imine (C=N–C) groups is 1. The van der Waals surface area contributed by atoms with Crippen molar-refractivity contribution in [2.45, 2.75) is 43.7 Å². The van der Waals surface area contributed by atoms with E-state index in [1.807, 2.05) is 24.3 Å². The molecule has 1 saturated carbocycles. The van der Waals surface area contributed by atoms with Crippen LogP contribution < -0.4 is 10.5 Å². The van der Waals surface area contributed by atoms with E-state index in [4.69, 9.17) is 37.6 Å². The predicted octanol–water partition coefficient (Wildman–Crippen LogP) is 3.61. The third-order valence-corrected chi connectivity index (χ3v) is 7.20. The Morgan fingerprint density at radius 2 is 2.00 bits per heavy atom. The lowest BCUT2D eigenvalue weighted by Crippen LogP contribution is -2.46. The topological polar surface area (TPSA) is 127 Å². The Morgan fingerprint density at radius 3 is 2.59 bits per heavy atom. The summed E-state index contributed by atoms with van der Waals surface area (Å²) in [7, 11) is 3.30. The van der Waals surface area contributed by atoms with E-state index in [9.17, 15) is 5.26 Å². The number of nitriles is 1. The lowest BCUT2D eigenvalue weighted by Gasteiger charge is -2.45. The van der Waals surface area contributed by atoms with Crippen LogP contribution in [-0.4, -0.2) is 44.5 Å². The van der Waals surface area contributed by atoms with Gasteiger partial charge in [0.25, 0.3) is 12.5 Å². The third kappa shape index (κ3) is 3.86. The number of rotatable bonds is 3. The summed E-state index contributed by atoms with van der Waals surface area (Å²) in [5.74, 6) is 0.593. The second-order valence-electron chi connectivity index (χ2n) is 8.80. The number of fused-ring (bicyclic) bond motifs is 3. The molecule has 0 aromatic heterocycles. The highest BCUT2D eigenvalue weighted by atomic mass is 16.5. The molecule has 2 aliphatic carbocycles. The number of carbonyl (C=O) groups is 1. The summed E-state index contributed by atoms with van der Waals surface area (Å²) in [6.07, 6.45) is 4.10. The summed E-state index contributed by atoms with van der Waals surface area (Å²) in [4.78, 5) is 13.1. The number of carboxylic acid groups (broad SMARTS) is 1. The number of hydrogen-bond acceptors (Lipinski definition) is 7. The molecule has 0 saturated heterocycles. The molecule has 2 aromatic rings. The number of nitrogens with two attached hydrogens (primary N) is 1. The smallest absolute Gasteiger partial charge is 0.290 e. The minimum Gasteiger partial charge on any atom is -0.497 e. The van der Waals surface area contributed by atoms with Gasteiger partial charge in [-0.25, -0.2) is 4.99 Å². The van der Waals surface area contributed by atoms with Crippen LogP contribution >= 0.6 is 0 Å². The first-order valence-electron chi connectivity index (χ1n) is 12.1. The summed E-state index contributed by atoms with van der Waals surface area (Å²) in [6.45, 7) is -2.33.